The maximum Gasteiger partial charge on any atom is 0.201 e. The summed E-state index contributed by atoms with van der Waals surface area (Å²) in [5.74, 6) is 1.15. The lowest BCUT2D eigenvalue weighted by atomic mass is 9.70. The van der Waals surface area contributed by atoms with Crippen LogP contribution < -0.4 is 4.90 Å². The van der Waals surface area contributed by atoms with E-state index in [-0.39, 0.29) is 5.41 Å². The fraction of sp³-hybridized carbons (Fsp3) is 0.167. The standard InChI is InChI=1S/C42H33N3/c1-2-13-32-28(10-1)19-21-38-40(32)35-15-4-6-17-37(35)42(38)36-16-5-3-14-33(36)34-20-18-30(27-39(34)42)29-11-7-12-31(26-29)45-25-9-24-44-23-8-22-43-41(44)45/h1-7,10-21,26-27H,8-9,22-25H2. The van der Waals surface area contributed by atoms with Crippen LogP contribution in [-0.4, -0.2) is 37.0 Å². The second-order valence-corrected chi connectivity index (χ2v) is 12.9. The summed E-state index contributed by atoms with van der Waals surface area (Å²) < 4.78 is 0. The summed E-state index contributed by atoms with van der Waals surface area (Å²) in [6.07, 6.45) is 2.31. The van der Waals surface area contributed by atoms with E-state index in [0.717, 1.165) is 45.0 Å². The topological polar surface area (TPSA) is 18.8 Å². The molecule has 1 atom stereocenters. The Balaban J connectivity index is 1.20. The van der Waals surface area contributed by atoms with Crippen molar-refractivity contribution in [2.45, 2.75) is 18.3 Å². The molecule has 0 bridgehead atoms. The molecule has 0 saturated carbocycles. The molecule has 1 spiro atoms. The third-order valence-electron chi connectivity index (χ3n) is 10.6. The fourth-order valence-electron chi connectivity index (χ4n) is 8.81. The molecule has 3 heteroatoms. The summed E-state index contributed by atoms with van der Waals surface area (Å²) in [7, 11) is 0. The van der Waals surface area contributed by atoms with Gasteiger partial charge in [-0.1, -0.05) is 109 Å². The highest BCUT2D eigenvalue weighted by atomic mass is 15.4. The van der Waals surface area contributed by atoms with Gasteiger partial charge in [0.25, 0.3) is 0 Å². The van der Waals surface area contributed by atoms with E-state index in [1.165, 1.54) is 72.1 Å². The predicted molar refractivity (Wildman–Crippen MR) is 186 cm³/mol. The molecular formula is C42H33N3. The molecule has 0 N–H and O–H groups in total. The summed E-state index contributed by atoms with van der Waals surface area (Å²) in [6.45, 7) is 4.16. The van der Waals surface area contributed by atoms with Gasteiger partial charge in [-0.15, -0.1) is 0 Å². The van der Waals surface area contributed by atoms with Crippen LogP contribution in [0.1, 0.15) is 35.1 Å². The summed E-state index contributed by atoms with van der Waals surface area (Å²) in [4.78, 5) is 9.87. The summed E-state index contributed by atoms with van der Waals surface area (Å²) in [5, 5.41) is 2.62. The number of aliphatic imine (C=N–C) groups is 1. The minimum atomic E-state index is -0.361. The monoisotopic (exact) mass is 579 g/mol. The lowest BCUT2D eigenvalue weighted by molar-refractivity contribution is 0.360. The Labute approximate surface area is 264 Å². The Morgan fingerprint density at radius 3 is 2.22 bits per heavy atom. The molecule has 6 aromatic carbocycles. The molecule has 3 nitrogen and oxygen atoms in total. The van der Waals surface area contributed by atoms with Gasteiger partial charge in [0, 0.05) is 31.9 Å². The van der Waals surface area contributed by atoms with Gasteiger partial charge in [-0.3, -0.25) is 4.99 Å². The smallest absolute Gasteiger partial charge is 0.201 e. The van der Waals surface area contributed by atoms with Crippen LogP contribution >= 0.6 is 0 Å². The zero-order valence-electron chi connectivity index (χ0n) is 25.2. The predicted octanol–water partition coefficient (Wildman–Crippen LogP) is 9.12. The van der Waals surface area contributed by atoms with Gasteiger partial charge in [0.15, 0.2) is 0 Å². The highest BCUT2D eigenvalue weighted by molar-refractivity contribution is 6.06. The number of anilines is 1. The van der Waals surface area contributed by atoms with Gasteiger partial charge in [-0.05, 0) is 97.4 Å². The van der Waals surface area contributed by atoms with E-state index in [2.05, 4.69) is 137 Å². The third-order valence-corrected chi connectivity index (χ3v) is 10.6. The lowest BCUT2D eigenvalue weighted by Crippen LogP contribution is -2.52. The average Bonchev–Trinajstić information content (AvgIpc) is 3.59. The van der Waals surface area contributed by atoms with Crippen molar-refractivity contribution in [1.29, 1.82) is 0 Å². The van der Waals surface area contributed by atoms with Crippen molar-refractivity contribution < 1.29 is 0 Å². The van der Waals surface area contributed by atoms with Crippen molar-refractivity contribution in [1.82, 2.24) is 4.90 Å². The molecule has 2 aliphatic heterocycles. The molecule has 0 aromatic heterocycles. The molecule has 45 heavy (non-hydrogen) atoms. The molecule has 2 heterocycles. The number of nitrogens with zero attached hydrogens (tertiary/aromatic N) is 3. The zero-order valence-corrected chi connectivity index (χ0v) is 25.2. The molecule has 0 radical (unpaired) electrons. The SMILES string of the molecule is c1cc(-c2ccc3c(c2)C2(c4ccccc4-3)c3ccccc3-c3c2ccc2ccccc32)cc(N2CCCN3CCCN=C32)c1. The molecule has 6 aromatic rings. The van der Waals surface area contributed by atoms with Crippen LogP contribution in [0.25, 0.3) is 44.2 Å². The Morgan fingerprint density at radius 1 is 0.533 bits per heavy atom. The fourth-order valence-corrected chi connectivity index (χ4v) is 8.81. The first-order valence-corrected chi connectivity index (χ1v) is 16.4. The normalized spacial score (nSPS) is 19.2. The van der Waals surface area contributed by atoms with Crippen molar-refractivity contribution in [3.63, 3.8) is 0 Å². The molecule has 2 aliphatic carbocycles. The van der Waals surface area contributed by atoms with Gasteiger partial charge in [0.05, 0.1) is 5.41 Å². The molecule has 10 rings (SSSR count). The summed E-state index contributed by atoms with van der Waals surface area (Å²) >= 11 is 0. The van der Waals surface area contributed by atoms with Crippen molar-refractivity contribution in [2.24, 2.45) is 4.99 Å². The van der Waals surface area contributed by atoms with Crippen molar-refractivity contribution in [3.8, 4) is 33.4 Å². The van der Waals surface area contributed by atoms with Crippen LogP contribution in [0.4, 0.5) is 5.69 Å². The van der Waals surface area contributed by atoms with Gasteiger partial charge >= 0.3 is 0 Å². The highest BCUT2D eigenvalue weighted by Crippen LogP contribution is 2.64. The van der Waals surface area contributed by atoms with Gasteiger partial charge < -0.3 is 9.80 Å². The Morgan fingerprint density at radius 2 is 1.29 bits per heavy atom. The second-order valence-electron chi connectivity index (χ2n) is 12.9. The molecular weight excluding hydrogens is 546 g/mol. The number of fused-ring (bicyclic) bond motifs is 13. The maximum atomic E-state index is 4.96. The minimum Gasteiger partial charge on any atom is -0.342 e. The molecule has 1 saturated heterocycles. The van der Waals surface area contributed by atoms with Gasteiger partial charge in [-0.25, -0.2) is 0 Å². The van der Waals surface area contributed by atoms with E-state index >= 15 is 0 Å². The first kappa shape index (κ1) is 25.2. The Hall–Kier alpha value is -5.15. The first-order chi connectivity index (χ1) is 22.3. The van der Waals surface area contributed by atoms with E-state index in [9.17, 15) is 0 Å². The maximum absolute atomic E-state index is 4.96. The highest BCUT2D eigenvalue weighted by Gasteiger charge is 2.52. The average molecular weight is 580 g/mol. The van der Waals surface area contributed by atoms with E-state index in [1.807, 2.05) is 0 Å². The summed E-state index contributed by atoms with van der Waals surface area (Å²) in [6, 6.07) is 48.1. The van der Waals surface area contributed by atoms with Crippen molar-refractivity contribution in [2.75, 3.05) is 31.1 Å². The quantitative estimate of drug-likeness (QED) is 0.203. The van der Waals surface area contributed by atoms with Crippen LogP contribution in [0, 0.1) is 0 Å². The van der Waals surface area contributed by atoms with Crippen LogP contribution in [0.3, 0.4) is 0 Å². The number of hydrogen-bond donors (Lipinski definition) is 0. The van der Waals surface area contributed by atoms with Crippen LogP contribution in [0.15, 0.2) is 132 Å². The Bertz CT molecular complexity index is 2210. The summed E-state index contributed by atoms with van der Waals surface area (Å²) in [5.41, 5.74) is 14.3. The largest absolute Gasteiger partial charge is 0.342 e. The molecule has 1 fully saturated rings. The Kier molecular flexibility index (Phi) is 5.28. The van der Waals surface area contributed by atoms with Crippen LogP contribution in [0.5, 0.6) is 0 Å². The van der Waals surface area contributed by atoms with E-state index in [1.54, 1.807) is 0 Å². The molecule has 0 amide bonds. The van der Waals surface area contributed by atoms with E-state index in [4.69, 9.17) is 4.99 Å². The van der Waals surface area contributed by atoms with Crippen molar-refractivity contribution in [3.05, 3.63) is 150 Å². The lowest BCUT2D eigenvalue weighted by Gasteiger charge is -2.41. The van der Waals surface area contributed by atoms with Crippen LogP contribution in [0.2, 0.25) is 0 Å². The molecule has 4 aliphatic rings. The van der Waals surface area contributed by atoms with Gasteiger partial charge in [-0.2, -0.15) is 0 Å². The number of benzene rings is 6. The van der Waals surface area contributed by atoms with E-state index in [0.29, 0.717) is 0 Å². The minimum absolute atomic E-state index is 0.361. The van der Waals surface area contributed by atoms with Gasteiger partial charge in [0.2, 0.25) is 5.96 Å². The zero-order chi connectivity index (χ0) is 29.5. The number of guanidine groups is 1. The van der Waals surface area contributed by atoms with E-state index < -0.39 is 0 Å². The second kappa shape index (κ2) is 9.42. The molecule has 216 valence electrons. The number of hydrogen-bond acceptors (Lipinski definition) is 3. The molecule has 1 unspecified atom stereocenters. The van der Waals surface area contributed by atoms with Crippen LogP contribution in [-0.2, 0) is 5.41 Å². The first-order valence-electron chi connectivity index (χ1n) is 16.4. The van der Waals surface area contributed by atoms with Gasteiger partial charge in [0.1, 0.15) is 0 Å². The van der Waals surface area contributed by atoms with Crippen molar-refractivity contribution >= 4 is 22.4 Å². The number of rotatable bonds is 2. The third kappa shape index (κ3) is 3.38.